The highest BCUT2D eigenvalue weighted by Crippen LogP contribution is 2.28. The number of fused-ring (bicyclic) bond motifs is 1. The monoisotopic (exact) mass is 217 g/mol. The Labute approximate surface area is 92.6 Å². The van der Waals surface area contributed by atoms with Crippen LogP contribution in [0.5, 0.6) is 0 Å². The van der Waals surface area contributed by atoms with Gasteiger partial charge in [0.05, 0.1) is 16.9 Å². The van der Waals surface area contributed by atoms with Crippen molar-refractivity contribution in [1.82, 2.24) is 0 Å². The van der Waals surface area contributed by atoms with Crippen molar-refractivity contribution in [3.63, 3.8) is 0 Å². The third-order valence-corrected chi connectivity index (χ3v) is 3.01. The fourth-order valence-corrected chi connectivity index (χ4v) is 2.28. The summed E-state index contributed by atoms with van der Waals surface area (Å²) in [7, 11) is 0. The lowest BCUT2D eigenvalue weighted by Crippen LogP contribution is -1.98. The Morgan fingerprint density at radius 3 is 3.07 bits per heavy atom. The topological polar surface area (TPSA) is 32.3 Å². The van der Waals surface area contributed by atoms with Crippen molar-refractivity contribution >= 4 is 27.1 Å². The van der Waals surface area contributed by atoms with Gasteiger partial charge < -0.3 is 10.4 Å². The van der Waals surface area contributed by atoms with E-state index >= 15 is 0 Å². The summed E-state index contributed by atoms with van der Waals surface area (Å²) in [6, 6.07) is 8.26. The first-order valence-corrected chi connectivity index (χ1v) is 5.56. The Hall–Kier alpha value is -1.50. The Morgan fingerprint density at radius 1 is 1.27 bits per heavy atom. The number of benzene rings is 1. The molecule has 0 saturated heterocycles. The van der Waals surface area contributed by atoms with Crippen molar-refractivity contribution < 1.29 is 5.11 Å². The molecule has 0 bridgehead atoms. The predicted octanol–water partition coefficient (Wildman–Crippen LogP) is 2.31. The highest BCUT2D eigenvalue weighted by molar-refractivity contribution is 7.17. The largest absolute Gasteiger partial charge is 0.384 e. The zero-order chi connectivity index (χ0) is 10.5. The molecule has 2 aromatic rings. The summed E-state index contributed by atoms with van der Waals surface area (Å²) < 4.78 is 1.25. The van der Waals surface area contributed by atoms with Gasteiger partial charge in [0.15, 0.2) is 0 Å². The number of aliphatic hydroxyl groups is 1. The Bertz CT molecular complexity index is 507. The van der Waals surface area contributed by atoms with Crippen LogP contribution >= 0.6 is 11.3 Å². The molecule has 0 aliphatic rings. The van der Waals surface area contributed by atoms with Crippen molar-refractivity contribution in [2.75, 3.05) is 18.5 Å². The number of hydrogen-bond donors (Lipinski definition) is 2. The fourth-order valence-electron chi connectivity index (χ4n) is 1.39. The van der Waals surface area contributed by atoms with Crippen LogP contribution < -0.4 is 5.32 Å². The van der Waals surface area contributed by atoms with Crippen molar-refractivity contribution in [2.45, 2.75) is 0 Å². The van der Waals surface area contributed by atoms with Gasteiger partial charge in [-0.05, 0) is 22.9 Å². The number of anilines is 1. The van der Waals surface area contributed by atoms with Crippen molar-refractivity contribution in [3.05, 3.63) is 29.6 Å². The molecule has 0 amide bonds. The van der Waals surface area contributed by atoms with E-state index in [1.807, 2.05) is 12.1 Å². The van der Waals surface area contributed by atoms with Gasteiger partial charge in [0.2, 0.25) is 0 Å². The molecule has 76 valence electrons. The van der Waals surface area contributed by atoms with E-state index in [0.717, 1.165) is 5.69 Å². The lowest BCUT2D eigenvalue weighted by atomic mass is 10.2. The summed E-state index contributed by atoms with van der Waals surface area (Å²) in [5, 5.41) is 15.1. The quantitative estimate of drug-likeness (QED) is 0.757. The maximum atomic E-state index is 8.50. The Morgan fingerprint density at radius 2 is 2.20 bits per heavy atom. The lowest BCUT2D eigenvalue weighted by Gasteiger charge is -2.02. The van der Waals surface area contributed by atoms with Gasteiger partial charge >= 0.3 is 0 Å². The second-order valence-electron chi connectivity index (χ2n) is 3.01. The molecule has 3 heteroatoms. The fraction of sp³-hybridized carbons (Fsp3) is 0.167. The molecule has 2 rings (SSSR count). The molecule has 0 fully saturated rings. The molecule has 0 radical (unpaired) electrons. The molecule has 1 aromatic heterocycles. The van der Waals surface area contributed by atoms with E-state index in [9.17, 15) is 0 Å². The molecule has 1 aromatic carbocycles. The molecular formula is C12H11NOS. The highest BCUT2D eigenvalue weighted by atomic mass is 32.1. The SMILES string of the molecule is OCC#CCNc1cccc2ccsc12. The average Bonchev–Trinajstić information content (AvgIpc) is 2.73. The van der Waals surface area contributed by atoms with Gasteiger partial charge in [-0.2, -0.15) is 0 Å². The number of thiophene rings is 1. The molecule has 1 heterocycles. The Kier molecular flexibility index (Phi) is 3.23. The molecule has 0 saturated carbocycles. The molecule has 2 N–H and O–H groups in total. The van der Waals surface area contributed by atoms with E-state index in [-0.39, 0.29) is 6.61 Å². The van der Waals surface area contributed by atoms with Crippen LogP contribution in [0.2, 0.25) is 0 Å². The van der Waals surface area contributed by atoms with Crippen LogP contribution in [0.4, 0.5) is 5.69 Å². The van der Waals surface area contributed by atoms with E-state index in [0.29, 0.717) is 6.54 Å². The van der Waals surface area contributed by atoms with Crippen LogP contribution in [-0.2, 0) is 0 Å². The normalized spacial score (nSPS) is 9.67. The molecule has 0 aliphatic heterocycles. The second-order valence-corrected chi connectivity index (χ2v) is 3.93. The van der Waals surface area contributed by atoms with Crippen LogP contribution in [-0.4, -0.2) is 18.3 Å². The summed E-state index contributed by atoms with van der Waals surface area (Å²) in [5.74, 6) is 5.44. The van der Waals surface area contributed by atoms with E-state index in [4.69, 9.17) is 5.11 Å². The van der Waals surface area contributed by atoms with Gasteiger partial charge in [-0.3, -0.25) is 0 Å². The molecule has 2 nitrogen and oxygen atoms in total. The van der Waals surface area contributed by atoms with E-state index in [2.05, 4.69) is 34.7 Å². The minimum atomic E-state index is -0.0785. The summed E-state index contributed by atoms with van der Waals surface area (Å²) in [6.45, 7) is 0.489. The number of aliphatic hydroxyl groups excluding tert-OH is 1. The molecule has 0 spiro atoms. The first-order valence-electron chi connectivity index (χ1n) is 4.68. The molecule has 0 aliphatic carbocycles. The van der Waals surface area contributed by atoms with Crippen molar-refractivity contribution in [1.29, 1.82) is 0 Å². The number of rotatable bonds is 2. The maximum Gasteiger partial charge on any atom is 0.104 e. The van der Waals surface area contributed by atoms with Crippen molar-refractivity contribution in [3.8, 4) is 11.8 Å². The van der Waals surface area contributed by atoms with Crippen LogP contribution in [0.25, 0.3) is 10.1 Å². The Balaban J connectivity index is 2.17. The van der Waals surface area contributed by atoms with Gasteiger partial charge in [0.1, 0.15) is 6.61 Å². The predicted molar refractivity (Wildman–Crippen MR) is 65.2 cm³/mol. The van der Waals surface area contributed by atoms with Gasteiger partial charge in [-0.1, -0.05) is 24.0 Å². The first-order chi connectivity index (χ1) is 7.42. The van der Waals surface area contributed by atoms with Gasteiger partial charge in [-0.15, -0.1) is 11.3 Å². The van der Waals surface area contributed by atoms with Crippen LogP contribution in [0, 0.1) is 11.8 Å². The minimum Gasteiger partial charge on any atom is -0.384 e. The minimum absolute atomic E-state index is 0.0785. The third-order valence-electron chi connectivity index (χ3n) is 2.05. The van der Waals surface area contributed by atoms with Gasteiger partial charge in [0.25, 0.3) is 0 Å². The standard InChI is InChI=1S/C12H11NOS/c14-8-2-1-7-13-11-5-3-4-10-6-9-15-12(10)11/h3-6,9,13-14H,7-8H2. The first kappa shape index (κ1) is 10.0. The van der Waals surface area contributed by atoms with Crippen LogP contribution in [0.3, 0.4) is 0 Å². The van der Waals surface area contributed by atoms with Gasteiger partial charge in [-0.25, -0.2) is 0 Å². The zero-order valence-corrected chi connectivity index (χ0v) is 8.97. The van der Waals surface area contributed by atoms with E-state index in [1.54, 1.807) is 11.3 Å². The number of hydrogen-bond acceptors (Lipinski definition) is 3. The van der Waals surface area contributed by atoms with Crippen LogP contribution in [0.15, 0.2) is 29.6 Å². The smallest absolute Gasteiger partial charge is 0.104 e. The molecule has 0 atom stereocenters. The number of nitrogens with one attached hydrogen (secondary N) is 1. The van der Waals surface area contributed by atoms with E-state index in [1.165, 1.54) is 10.1 Å². The van der Waals surface area contributed by atoms with Crippen LogP contribution in [0.1, 0.15) is 0 Å². The molecule has 15 heavy (non-hydrogen) atoms. The third kappa shape index (κ3) is 2.30. The summed E-state index contributed by atoms with van der Waals surface area (Å²) in [6.07, 6.45) is 0. The maximum absolute atomic E-state index is 8.50. The average molecular weight is 217 g/mol. The summed E-state index contributed by atoms with van der Waals surface area (Å²) >= 11 is 1.72. The summed E-state index contributed by atoms with van der Waals surface area (Å²) in [4.78, 5) is 0. The van der Waals surface area contributed by atoms with Gasteiger partial charge in [0, 0.05) is 0 Å². The molecule has 0 unspecified atom stereocenters. The second kappa shape index (κ2) is 4.83. The van der Waals surface area contributed by atoms with E-state index < -0.39 is 0 Å². The zero-order valence-electron chi connectivity index (χ0n) is 8.16. The van der Waals surface area contributed by atoms with Crippen molar-refractivity contribution in [2.24, 2.45) is 0 Å². The molecular weight excluding hydrogens is 206 g/mol. The summed E-state index contributed by atoms with van der Waals surface area (Å²) in [5.41, 5.74) is 1.11. The highest BCUT2D eigenvalue weighted by Gasteiger charge is 1.99. The lowest BCUT2D eigenvalue weighted by molar-refractivity contribution is 0.350.